The average molecular weight is 314 g/mol. The standard InChI is InChI=1S/C14H20BrNO2/c1-10-8-16(6-5-13(10)17)9-11-7-12(15)3-4-14(11)18-2/h3-4,7,10,13,17H,5-6,8-9H2,1-2H3. The van der Waals surface area contributed by atoms with Crippen LogP contribution in [0.25, 0.3) is 0 Å². The van der Waals surface area contributed by atoms with Gasteiger partial charge in [-0.2, -0.15) is 0 Å². The van der Waals surface area contributed by atoms with Gasteiger partial charge in [-0.05, 0) is 30.5 Å². The van der Waals surface area contributed by atoms with Crippen LogP contribution in [0.1, 0.15) is 18.9 Å². The van der Waals surface area contributed by atoms with E-state index in [1.807, 2.05) is 12.1 Å². The van der Waals surface area contributed by atoms with Crippen molar-refractivity contribution >= 4 is 15.9 Å². The predicted octanol–water partition coefficient (Wildman–Crippen LogP) is 2.66. The van der Waals surface area contributed by atoms with Gasteiger partial charge in [-0.15, -0.1) is 0 Å². The van der Waals surface area contributed by atoms with Crippen LogP contribution in [0.2, 0.25) is 0 Å². The number of nitrogens with zero attached hydrogens (tertiary/aromatic N) is 1. The molecule has 2 atom stereocenters. The molecule has 100 valence electrons. The lowest BCUT2D eigenvalue weighted by Gasteiger charge is -2.34. The minimum atomic E-state index is -0.148. The van der Waals surface area contributed by atoms with Gasteiger partial charge in [-0.1, -0.05) is 22.9 Å². The molecule has 0 aliphatic carbocycles. The summed E-state index contributed by atoms with van der Waals surface area (Å²) in [4.78, 5) is 2.38. The molecule has 4 heteroatoms. The molecule has 0 amide bonds. The van der Waals surface area contributed by atoms with Crippen molar-refractivity contribution in [3.8, 4) is 5.75 Å². The summed E-state index contributed by atoms with van der Waals surface area (Å²) in [6.45, 7) is 4.87. The summed E-state index contributed by atoms with van der Waals surface area (Å²) >= 11 is 3.50. The smallest absolute Gasteiger partial charge is 0.123 e. The summed E-state index contributed by atoms with van der Waals surface area (Å²) in [5, 5.41) is 9.75. The molecule has 0 spiro atoms. The molecule has 2 unspecified atom stereocenters. The second-order valence-electron chi connectivity index (χ2n) is 5.02. The lowest BCUT2D eigenvalue weighted by molar-refractivity contribution is 0.0318. The summed E-state index contributed by atoms with van der Waals surface area (Å²) in [5.41, 5.74) is 1.19. The molecule has 1 aromatic carbocycles. The second-order valence-corrected chi connectivity index (χ2v) is 5.94. The molecule has 1 heterocycles. The van der Waals surface area contributed by atoms with E-state index in [1.54, 1.807) is 7.11 Å². The molecule has 2 rings (SSSR count). The summed E-state index contributed by atoms with van der Waals surface area (Å²) in [6.07, 6.45) is 0.711. The largest absolute Gasteiger partial charge is 0.496 e. The number of methoxy groups -OCH3 is 1. The molecule has 0 bridgehead atoms. The number of piperidine rings is 1. The first kappa shape index (κ1) is 13.8. The quantitative estimate of drug-likeness (QED) is 0.931. The Balaban J connectivity index is 2.07. The first-order valence-corrected chi connectivity index (χ1v) is 7.12. The van der Waals surface area contributed by atoms with Crippen molar-refractivity contribution in [3.05, 3.63) is 28.2 Å². The van der Waals surface area contributed by atoms with E-state index in [2.05, 4.69) is 33.8 Å². The molecule has 0 aromatic heterocycles. The van der Waals surface area contributed by atoms with E-state index < -0.39 is 0 Å². The number of rotatable bonds is 3. The van der Waals surface area contributed by atoms with Crippen molar-refractivity contribution < 1.29 is 9.84 Å². The Bertz CT molecular complexity index is 411. The van der Waals surface area contributed by atoms with Gasteiger partial charge in [-0.25, -0.2) is 0 Å². The van der Waals surface area contributed by atoms with Crippen LogP contribution in [-0.2, 0) is 6.54 Å². The first-order chi connectivity index (χ1) is 8.60. The van der Waals surface area contributed by atoms with Gasteiger partial charge in [-0.3, -0.25) is 4.90 Å². The number of halogens is 1. The Kier molecular flexibility index (Phi) is 4.65. The molecule has 1 aromatic rings. The van der Waals surface area contributed by atoms with E-state index in [-0.39, 0.29) is 6.10 Å². The van der Waals surface area contributed by atoms with Crippen LogP contribution < -0.4 is 4.74 Å². The maximum Gasteiger partial charge on any atom is 0.123 e. The summed E-state index contributed by atoms with van der Waals surface area (Å²) in [7, 11) is 1.70. The monoisotopic (exact) mass is 313 g/mol. The topological polar surface area (TPSA) is 32.7 Å². The van der Waals surface area contributed by atoms with Crippen molar-refractivity contribution in [2.75, 3.05) is 20.2 Å². The fourth-order valence-electron chi connectivity index (χ4n) is 2.47. The minimum absolute atomic E-state index is 0.148. The summed E-state index contributed by atoms with van der Waals surface area (Å²) < 4.78 is 6.47. The van der Waals surface area contributed by atoms with Gasteiger partial charge < -0.3 is 9.84 Å². The Labute approximate surface area is 117 Å². The average Bonchev–Trinajstić information content (AvgIpc) is 2.34. The fraction of sp³-hybridized carbons (Fsp3) is 0.571. The lowest BCUT2D eigenvalue weighted by Crippen LogP contribution is -2.41. The van der Waals surface area contributed by atoms with Crippen molar-refractivity contribution in [1.82, 2.24) is 4.90 Å². The zero-order valence-electron chi connectivity index (χ0n) is 10.9. The third-order valence-electron chi connectivity index (χ3n) is 3.58. The maximum absolute atomic E-state index is 9.75. The molecule has 1 saturated heterocycles. The van der Waals surface area contributed by atoms with Gasteiger partial charge in [0.1, 0.15) is 5.75 Å². The highest BCUT2D eigenvalue weighted by Gasteiger charge is 2.24. The molecule has 1 fully saturated rings. The third kappa shape index (κ3) is 3.25. The van der Waals surface area contributed by atoms with Crippen LogP contribution in [0, 0.1) is 5.92 Å². The first-order valence-electron chi connectivity index (χ1n) is 6.33. The van der Waals surface area contributed by atoms with E-state index in [9.17, 15) is 5.11 Å². The predicted molar refractivity (Wildman–Crippen MR) is 75.8 cm³/mol. The highest BCUT2D eigenvalue weighted by molar-refractivity contribution is 9.10. The van der Waals surface area contributed by atoms with Gasteiger partial charge in [0, 0.05) is 29.7 Å². The number of hydrogen-bond acceptors (Lipinski definition) is 3. The molecular weight excluding hydrogens is 294 g/mol. The van der Waals surface area contributed by atoms with Crippen molar-refractivity contribution in [1.29, 1.82) is 0 Å². The number of benzene rings is 1. The minimum Gasteiger partial charge on any atom is -0.496 e. The summed E-state index contributed by atoms with van der Waals surface area (Å²) in [5.74, 6) is 1.27. The van der Waals surface area contributed by atoms with Gasteiger partial charge >= 0.3 is 0 Å². The SMILES string of the molecule is COc1ccc(Br)cc1CN1CCC(O)C(C)C1. The van der Waals surface area contributed by atoms with Gasteiger partial charge in [0.15, 0.2) is 0 Å². The highest BCUT2D eigenvalue weighted by Crippen LogP contribution is 2.26. The lowest BCUT2D eigenvalue weighted by atomic mass is 9.96. The van der Waals surface area contributed by atoms with Crippen molar-refractivity contribution in [2.45, 2.75) is 26.0 Å². The van der Waals surface area contributed by atoms with E-state index in [1.165, 1.54) is 5.56 Å². The highest BCUT2D eigenvalue weighted by atomic mass is 79.9. The van der Waals surface area contributed by atoms with Crippen LogP contribution >= 0.6 is 15.9 Å². The maximum atomic E-state index is 9.75. The number of likely N-dealkylation sites (tertiary alicyclic amines) is 1. The van der Waals surface area contributed by atoms with Crippen LogP contribution in [0.15, 0.2) is 22.7 Å². The molecule has 1 aliphatic heterocycles. The normalized spacial score (nSPS) is 25.1. The Hall–Kier alpha value is -0.580. The number of ether oxygens (including phenoxy) is 1. The molecule has 0 saturated carbocycles. The van der Waals surface area contributed by atoms with Gasteiger partial charge in [0.25, 0.3) is 0 Å². The Morgan fingerprint density at radius 2 is 2.28 bits per heavy atom. The van der Waals surface area contributed by atoms with Crippen molar-refractivity contribution in [3.63, 3.8) is 0 Å². The third-order valence-corrected chi connectivity index (χ3v) is 4.07. The van der Waals surface area contributed by atoms with E-state index in [0.717, 1.165) is 36.3 Å². The van der Waals surface area contributed by atoms with Crippen LogP contribution in [-0.4, -0.2) is 36.3 Å². The second kappa shape index (κ2) is 6.04. The number of aliphatic hydroxyl groups is 1. The van der Waals surface area contributed by atoms with Crippen molar-refractivity contribution in [2.24, 2.45) is 5.92 Å². The van der Waals surface area contributed by atoms with Gasteiger partial charge in [0.05, 0.1) is 13.2 Å². The zero-order chi connectivity index (χ0) is 13.1. The number of hydrogen-bond donors (Lipinski definition) is 1. The number of aliphatic hydroxyl groups excluding tert-OH is 1. The molecular formula is C14H20BrNO2. The molecule has 0 radical (unpaired) electrons. The summed E-state index contributed by atoms with van der Waals surface area (Å²) in [6, 6.07) is 6.08. The van der Waals surface area contributed by atoms with E-state index in [0.29, 0.717) is 5.92 Å². The van der Waals surface area contributed by atoms with Crippen LogP contribution in [0.4, 0.5) is 0 Å². The molecule has 18 heavy (non-hydrogen) atoms. The van der Waals surface area contributed by atoms with E-state index >= 15 is 0 Å². The molecule has 3 nitrogen and oxygen atoms in total. The Morgan fingerprint density at radius 3 is 2.94 bits per heavy atom. The fourth-order valence-corrected chi connectivity index (χ4v) is 2.88. The molecule has 1 N–H and O–H groups in total. The van der Waals surface area contributed by atoms with Crippen LogP contribution in [0.5, 0.6) is 5.75 Å². The molecule has 1 aliphatic rings. The van der Waals surface area contributed by atoms with Gasteiger partial charge in [0.2, 0.25) is 0 Å². The van der Waals surface area contributed by atoms with Crippen LogP contribution in [0.3, 0.4) is 0 Å². The van der Waals surface area contributed by atoms with E-state index in [4.69, 9.17) is 4.74 Å². The zero-order valence-corrected chi connectivity index (χ0v) is 12.5. The Morgan fingerprint density at radius 1 is 1.50 bits per heavy atom.